The van der Waals surface area contributed by atoms with Crippen molar-refractivity contribution in [1.29, 1.82) is 0 Å². The van der Waals surface area contributed by atoms with Crippen LogP contribution in [-0.4, -0.2) is 31.0 Å². The van der Waals surface area contributed by atoms with Crippen molar-refractivity contribution in [1.82, 2.24) is 4.90 Å². The van der Waals surface area contributed by atoms with Gasteiger partial charge in [0.2, 0.25) is 0 Å². The number of carbonyl (C=O) groups is 1. The molecule has 0 radical (unpaired) electrons. The summed E-state index contributed by atoms with van der Waals surface area (Å²) in [6.45, 7) is 4.25. The zero-order valence-electron chi connectivity index (χ0n) is 13.7. The highest BCUT2D eigenvalue weighted by molar-refractivity contribution is 6.02. The first kappa shape index (κ1) is 15.0. The van der Waals surface area contributed by atoms with E-state index in [1.54, 1.807) is 0 Å². The minimum Gasteiger partial charge on any atom is -0.474 e. The molecule has 1 unspecified atom stereocenters. The van der Waals surface area contributed by atoms with Crippen LogP contribution in [-0.2, 0) is 9.53 Å². The molecule has 1 aromatic rings. The molecule has 1 atom stereocenters. The summed E-state index contributed by atoms with van der Waals surface area (Å²) in [5.74, 6) is 1.04. The van der Waals surface area contributed by atoms with Gasteiger partial charge in [-0.3, -0.25) is 9.69 Å². The molecule has 0 bridgehead atoms. The van der Waals surface area contributed by atoms with Gasteiger partial charge in [-0.2, -0.15) is 0 Å². The Morgan fingerprint density at radius 2 is 1.82 bits per heavy atom. The smallest absolute Gasteiger partial charge is 0.178 e. The van der Waals surface area contributed by atoms with Crippen LogP contribution >= 0.6 is 0 Å². The van der Waals surface area contributed by atoms with Gasteiger partial charge in [0.05, 0.1) is 5.57 Å². The highest BCUT2D eigenvalue weighted by atomic mass is 16.5. The second kappa shape index (κ2) is 5.40. The third kappa shape index (κ3) is 2.73. The fraction of sp³-hybridized carbons (Fsp3) is 0.421. The molecule has 0 N–H and O–H groups in total. The monoisotopic (exact) mass is 297 g/mol. The number of allylic oxidation sites excluding steroid dienone is 3. The van der Waals surface area contributed by atoms with E-state index in [-0.39, 0.29) is 17.4 Å². The minimum absolute atomic E-state index is 0.0229. The highest BCUT2D eigenvalue weighted by Gasteiger charge is 2.38. The summed E-state index contributed by atoms with van der Waals surface area (Å²) in [7, 11) is 4.01. The van der Waals surface area contributed by atoms with Gasteiger partial charge in [0.1, 0.15) is 5.76 Å². The first-order valence-corrected chi connectivity index (χ1v) is 7.74. The van der Waals surface area contributed by atoms with E-state index in [2.05, 4.69) is 30.9 Å². The standard InChI is InChI=1S/C19H23NO2/c1-19(2)11-16(21)15-10-14(13-8-6-5-7-9-13)18(20(3)4)22-17(15)12-19/h5-10,18H,11-12H2,1-4H3. The van der Waals surface area contributed by atoms with Crippen LogP contribution in [0.2, 0.25) is 0 Å². The molecule has 2 aliphatic rings. The lowest BCUT2D eigenvalue weighted by Gasteiger charge is -2.38. The number of hydrogen-bond donors (Lipinski definition) is 0. The Hall–Kier alpha value is -1.87. The van der Waals surface area contributed by atoms with E-state index in [0.29, 0.717) is 6.42 Å². The second-order valence-electron chi connectivity index (χ2n) is 7.18. The third-order valence-corrected chi connectivity index (χ3v) is 4.27. The van der Waals surface area contributed by atoms with E-state index >= 15 is 0 Å². The number of Topliss-reactive ketones (excluding diaryl/α,β-unsaturated/α-hetero) is 1. The topological polar surface area (TPSA) is 29.5 Å². The maximum atomic E-state index is 12.5. The molecule has 0 saturated carbocycles. The van der Waals surface area contributed by atoms with Gasteiger partial charge in [-0.15, -0.1) is 0 Å². The van der Waals surface area contributed by atoms with E-state index in [1.165, 1.54) is 0 Å². The van der Waals surface area contributed by atoms with E-state index < -0.39 is 0 Å². The van der Waals surface area contributed by atoms with Gasteiger partial charge in [0.25, 0.3) is 0 Å². The highest BCUT2D eigenvalue weighted by Crippen LogP contribution is 2.42. The molecule has 0 fully saturated rings. The first-order chi connectivity index (χ1) is 10.4. The van der Waals surface area contributed by atoms with Crippen LogP contribution in [0, 0.1) is 5.41 Å². The molecule has 3 heteroatoms. The van der Waals surface area contributed by atoms with Gasteiger partial charge >= 0.3 is 0 Å². The lowest BCUT2D eigenvalue weighted by molar-refractivity contribution is -0.118. The summed E-state index contributed by atoms with van der Waals surface area (Å²) in [5, 5.41) is 0. The molecule has 0 aromatic heterocycles. The molecule has 1 aliphatic carbocycles. The van der Waals surface area contributed by atoms with Crippen molar-refractivity contribution in [3.8, 4) is 0 Å². The Bertz CT molecular complexity index is 653. The van der Waals surface area contributed by atoms with Crippen LogP contribution in [0.4, 0.5) is 0 Å². The van der Waals surface area contributed by atoms with Gasteiger partial charge in [-0.25, -0.2) is 0 Å². The Kier molecular flexibility index (Phi) is 3.69. The third-order valence-electron chi connectivity index (χ3n) is 4.27. The maximum absolute atomic E-state index is 12.5. The number of nitrogens with zero attached hydrogens (tertiary/aromatic N) is 1. The van der Waals surface area contributed by atoms with Crippen molar-refractivity contribution in [2.24, 2.45) is 5.41 Å². The summed E-state index contributed by atoms with van der Waals surface area (Å²) >= 11 is 0. The van der Waals surface area contributed by atoms with Crippen LogP contribution in [0.1, 0.15) is 32.3 Å². The molecule has 22 heavy (non-hydrogen) atoms. The predicted molar refractivity (Wildman–Crippen MR) is 88.0 cm³/mol. The van der Waals surface area contributed by atoms with Gasteiger partial charge in [-0.1, -0.05) is 44.2 Å². The normalized spacial score (nSPS) is 24.0. The summed E-state index contributed by atoms with van der Waals surface area (Å²) in [6, 6.07) is 10.2. The molecular formula is C19H23NO2. The molecule has 0 saturated heterocycles. The van der Waals surface area contributed by atoms with Crippen molar-refractivity contribution in [3.63, 3.8) is 0 Å². The number of ether oxygens (including phenoxy) is 1. The fourth-order valence-corrected chi connectivity index (χ4v) is 3.21. The number of ketones is 1. The number of hydrogen-bond acceptors (Lipinski definition) is 3. The molecule has 3 rings (SSSR count). The van der Waals surface area contributed by atoms with E-state index in [1.807, 2.05) is 38.4 Å². The Morgan fingerprint density at radius 1 is 1.14 bits per heavy atom. The van der Waals surface area contributed by atoms with Crippen LogP contribution in [0.5, 0.6) is 0 Å². The SMILES string of the molecule is CN(C)C1OC2=C(C=C1c1ccccc1)C(=O)CC(C)(C)C2. The lowest BCUT2D eigenvalue weighted by Crippen LogP contribution is -2.37. The average molecular weight is 297 g/mol. The molecule has 1 aliphatic heterocycles. The zero-order valence-corrected chi connectivity index (χ0v) is 13.7. The molecule has 1 heterocycles. The van der Waals surface area contributed by atoms with E-state index in [0.717, 1.165) is 28.9 Å². The largest absolute Gasteiger partial charge is 0.474 e. The number of rotatable bonds is 2. The first-order valence-electron chi connectivity index (χ1n) is 7.74. The molecular weight excluding hydrogens is 274 g/mol. The molecule has 3 nitrogen and oxygen atoms in total. The van der Waals surface area contributed by atoms with Crippen molar-refractivity contribution in [2.45, 2.75) is 32.9 Å². The molecule has 0 amide bonds. The van der Waals surface area contributed by atoms with Crippen LogP contribution in [0.15, 0.2) is 47.7 Å². The quantitative estimate of drug-likeness (QED) is 0.835. The molecule has 1 aromatic carbocycles. The summed E-state index contributed by atoms with van der Waals surface area (Å²) in [5.41, 5.74) is 2.89. The Labute approximate surface area is 132 Å². The van der Waals surface area contributed by atoms with E-state index in [9.17, 15) is 4.79 Å². The predicted octanol–water partition coefficient (Wildman–Crippen LogP) is 3.63. The van der Waals surface area contributed by atoms with Crippen LogP contribution in [0.3, 0.4) is 0 Å². The van der Waals surface area contributed by atoms with E-state index in [4.69, 9.17) is 4.74 Å². The zero-order chi connectivity index (χ0) is 15.9. The molecule has 116 valence electrons. The van der Waals surface area contributed by atoms with Crippen molar-refractivity contribution in [3.05, 3.63) is 53.3 Å². The molecule has 0 spiro atoms. The minimum atomic E-state index is -0.150. The maximum Gasteiger partial charge on any atom is 0.178 e. The van der Waals surface area contributed by atoms with Gasteiger partial charge in [-0.05, 0) is 31.1 Å². The second-order valence-corrected chi connectivity index (χ2v) is 7.18. The summed E-state index contributed by atoms with van der Waals surface area (Å²) in [4.78, 5) is 14.6. The van der Waals surface area contributed by atoms with Crippen molar-refractivity contribution in [2.75, 3.05) is 14.1 Å². The average Bonchev–Trinajstić information content (AvgIpc) is 2.45. The number of carbonyl (C=O) groups excluding carboxylic acids is 1. The number of benzene rings is 1. The summed E-state index contributed by atoms with van der Waals surface area (Å²) < 4.78 is 6.24. The van der Waals surface area contributed by atoms with Gasteiger partial charge in [0, 0.05) is 18.4 Å². The lowest BCUT2D eigenvalue weighted by atomic mass is 9.75. The van der Waals surface area contributed by atoms with Crippen molar-refractivity contribution < 1.29 is 9.53 Å². The Morgan fingerprint density at radius 3 is 2.45 bits per heavy atom. The Balaban J connectivity index is 2.07. The number of likely N-dealkylation sites (N-methyl/N-ethyl adjacent to an activating group) is 1. The van der Waals surface area contributed by atoms with Crippen LogP contribution < -0.4 is 0 Å². The van der Waals surface area contributed by atoms with Gasteiger partial charge < -0.3 is 4.74 Å². The van der Waals surface area contributed by atoms with Gasteiger partial charge in [0.15, 0.2) is 12.0 Å². The summed E-state index contributed by atoms with van der Waals surface area (Å²) in [6.07, 6.45) is 3.29. The van der Waals surface area contributed by atoms with Crippen LogP contribution in [0.25, 0.3) is 5.57 Å². The van der Waals surface area contributed by atoms with Crippen molar-refractivity contribution >= 4 is 11.4 Å². The fourth-order valence-electron chi connectivity index (χ4n) is 3.21.